The Labute approximate surface area is 131 Å². The number of amides is 1. The molecule has 0 aliphatic carbocycles. The van der Waals surface area contributed by atoms with Crippen molar-refractivity contribution < 1.29 is 15.4 Å². The predicted octanol–water partition coefficient (Wildman–Crippen LogP) is -2.16. The second kappa shape index (κ2) is 6.34. The van der Waals surface area contributed by atoms with E-state index in [9.17, 15) is 4.79 Å². The fraction of sp³-hybridized carbons (Fsp3) is 0.800. The molecule has 0 aromatic carbocycles. The molecule has 4 rings (SSSR count). The second-order valence-electron chi connectivity index (χ2n) is 7.05. The Hall–Kier alpha value is -1.47. The zero-order chi connectivity index (χ0) is 15.7. The number of nitrogens with one attached hydrogen (secondary N) is 2. The number of hydrogen-bond acceptors (Lipinski definition) is 3. The molecule has 0 spiro atoms. The fourth-order valence-corrected chi connectivity index (χ4v) is 3.98. The van der Waals surface area contributed by atoms with Gasteiger partial charge < -0.3 is 16.0 Å². The van der Waals surface area contributed by atoms with E-state index < -0.39 is 0 Å². The quantitative estimate of drug-likeness (QED) is 0.578. The van der Waals surface area contributed by atoms with Crippen molar-refractivity contribution in [1.29, 1.82) is 0 Å². The van der Waals surface area contributed by atoms with Gasteiger partial charge in [-0.2, -0.15) is 0 Å². The SMILES string of the molecule is CC(C)NC(=O)[C@H]1C[NH+]2CC[C@H]1C[C@@H]2Cn1cc(C[NH3+])nn1. The molecule has 7 nitrogen and oxygen atoms in total. The average molecular weight is 308 g/mol. The highest BCUT2D eigenvalue weighted by Crippen LogP contribution is 2.27. The summed E-state index contributed by atoms with van der Waals surface area (Å²) in [4.78, 5) is 13.9. The van der Waals surface area contributed by atoms with Crippen LogP contribution in [-0.4, -0.2) is 46.1 Å². The van der Waals surface area contributed by atoms with Gasteiger partial charge in [0.15, 0.2) is 0 Å². The van der Waals surface area contributed by atoms with Crippen molar-refractivity contribution >= 4 is 5.91 Å². The molecule has 3 aliphatic rings. The van der Waals surface area contributed by atoms with Crippen LogP contribution >= 0.6 is 0 Å². The minimum absolute atomic E-state index is 0.188. The molecule has 4 heterocycles. The Kier molecular flexibility index (Phi) is 4.44. The minimum atomic E-state index is 0.188. The maximum Gasteiger partial charge on any atom is 0.229 e. The third-order valence-corrected chi connectivity index (χ3v) is 5.07. The molecule has 1 amide bonds. The molecule has 22 heavy (non-hydrogen) atoms. The Morgan fingerprint density at radius 3 is 3.00 bits per heavy atom. The van der Waals surface area contributed by atoms with Crippen LogP contribution in [0.3, 0.4) is 0 Å². The van der Waals surface area contributed by atoms with Gasteiger partial charge in [0.05, 0.1) is 31.7 Å². The van der Waals surface area contributed by atoms with Crippen molar-refractivity contribution in [1.82, 2.24) is 20.3 Å². The highest BCUT2D eigenvalue weighted by molar-refractivity contribution is 5.79. The molecule has 122 valence electrons. The summed E-state index contributed by atoms with van der Waals surface area (Å²) in [5, 5.41) is 11.4. The Bertz CT molecular complexity index is 528. The van der Waals surface area contributed by atoms with Crippen molar-refractivity contribution in [2.24, 2.45) is 11.8 Å². The summed E-state index contributed by atoms with van der Waals surface area (Å²) in [5.74, 6) is 0.960. The number of hydrogen-bond donors (Lipinski definition) is 3. The Morgan fingerprint density at radius 1 is 1.59 bits per heavy atom. The zero-order valence-corrected chi connectivity index (χ0v) is 13.6. The van der Waals surface area contributed by atoms with E-state index in [4.69, 9.17) is 0 Å². The number of piperidine rings is 3. The predicted molar refractivity (Wildman–Crippen MR) is 80.6 cm³/mol. The number of nitrogens with zero attached hydrogens (tertiary/aromatic N) is 3. The van der Waals surface area contributed by atoms with Gasteiger partial charge in [0.25, 0.3) is 0 Å². The molecule has 1 aromatic heterocycles. The van der Waals surface area contributed by atoms with E-state index in [1.807, 2.05) is 24.7 Å². The van der Waals surface area contributed by atoms with Crippen LogP contribution < -0.4 is 16.0 Å². The zero-order valence-electron chi connectivity index (χ0n) is 13.6. The first-order chi connectivity index (χ1) is 10.6. The number of carbonyl (C=O) groups is 1. The van der Waals surface area contributed by atoms with Crippen LogP contribution in [0.2, 0.25) is 0 Å². The van der Waals surface area contributed by atoms with Crippen LogP contribution in [-0.2, 0) is 17.9 Å². The van der Waals surface area contributed by atoms with Crippen molar-refractivity contribution in [2.75, 3.05) is 13.1 Å². The Morgan fingerprint density at radius 2 is 2.41 bits per heavy atom. The summed E-state index contributed by atoms with van der Waals surface area (Å²) < 4.78 is 1.95. The Balaban J connectivity index is 1.61. The molecule has 5 N–H and O–H groups in total. The monoisotopic (exact) mass is 308 g/mol. The fourth-order valence-electron chi connectivity index (χ4n) is 3.98. The van der Waals surface area contributed by atoms with E-state index in [1.165, 1.54) is 13.0 Å². The lowest BCUT2D eigenvalue weighted by Gasteiger charge is -2.46. The number of fused-ring (bicyclic) bond motifs is 3. The molecule has 0 saturated carbocycles. The third-order valence-electron chi connectivity index (χ3n) is 5.07. The summed E-state index contributed by atoms with van der Waals surface area (Å²) in [5.41, 5.74) is 4.79. The van der Waals surface area contributed by atoms with Gasteiger partial charge in [0.2, 0.25) is 5.91 Å². The van der Waals surface area contributed by atoms with Gasteiger partial charge in [0, 0.05) is 18.9 Å². The molecule has 1 aromatic rings. The number of quaternary nitrogens is 2. The van der Waals surface area contributed by atoms with Crippen LogP contribution in [0.5, 0.6) is 0 Å². The number of aromatic nitrogens is 3. The highest BCUT2D eigenvalue weighted by atomic mass is 16.2. The van der Waals surface area contributed by atoms with Crippen LogP contribution in [0.15, 0.2) is 6.20 Å². The van der Waals surface area contributed by atoms with Crippen LogP contribution in [0.25, 0.3) is 0 Å². The number of carbonyl (C=O) groups excluding carboxylic acids is 1. The maximum atomic E-state index is 12.3. The smallest absolute Gasteiger partial charge is 0.229 e. The van der Waals surface area contributed by atoms with Crippen LogP contribution in [0.1, 0.15) is 32.4 Å². The molecule has 4 atom stereocenters. The highest BCUT2D eigenvalue weighted by Gasteiger charge is 2.46. The van der Waals surface area contributed by atoms with Crippen molar-refractivity contribution in [3.8, 4) is 0 Å². The molecule has 1 unspecified atom stereocenters. The van der Waals surface area contributed by atoms with E-state index in [-0.39, 0.29) is 17.9 Å². The largest absolute Gasteiger partial charge is 0.353 e. The molecule has 3 saturated heterocycles. The topological polar surface area (TPSA) is 91.9 Å². The lowest BCUT2D eigenvalue weighted by atomic mass is 9.75. The first kappa shape index (κ1) is 15.4. The van der Waals surface area contributed by atoms with Crippen LogP contribution in [0.4, 0.5) is 0 Å². The molecular weight excluding hydrogens is 280 g/mol. The van der Waals surface area contributed by atoms with Crippen LogP contribution in [0, 0.1) is 11.8 Å². The van der Waals surface area contributed by atoms with E-state index in [2.05, 4.69) is 21.4 Å². The van der Waals surface area contributed by atoms with Gasteiger partial charge in [-0.3, -0.25) is 4.79 Å². The van der Waals surface area contributed by atoms with Gasteiger partial charge in [-0.15, -0.1) is 5.10 Å². The summed E-state index contributed by atoms with van der Waals surface area (Å²) in [6.07, 6.45) is 4.29. The molecule has 3 aliphatic heterocycles. The second-order valence-corrected chi connectivity index (χ2v) is 7.05. The van der Waals surface area contributed by atoms with Crippen molar-refractivity contribution in [3.05, 3.63) is 11.9 Å². The first-order valence-electron chi connectivity index (χ1n) is 8.40. The van der Waals surface area contributed by atoms with Gasteiger partial charge in [0.1, 0.15) is 18.3 Å². The van der Waals surface area contributed by atoms with E-state index in [0.29, 0.717) is 18.5 Å². The van der Waals surface area contributed by atoms with Crippen molar-refractivity contribution in [2.45, 2.75) is 51.9 Å². The van der Waals surface area contributed by atoms with E-state index in [0.717, 1.165) is 25.2 Å². The molecule has 3 fully saturated rings. The summed E-state index contributed by atoms with van der Waals surface area (Å²) in [6.45, 7) is 7.78. The first-order valence-corrected chi connectivity index (χ1v) is 8.40. The molecular formula is C15H28N6O+2. The molecule has 0 radical (unpaired) electrons. The number of rotatable bonds is 5. The van der Waals surface area contributed by atoms with Gasteiger partial charge >= 0.3 is 0 Å². The minimum Gasteiger partial charge on any atom is -0.353 e. The van der Waals surface area contributed by atoms with Gasteiger partial charge in [-0.1, -0.05) is 5.21 Å². The van der Waals surface area contributed by atoms with E-state index >= 15 is 0 Å². The van der Waals surface area contributed by atoms with Gasteiger partial charge in [-0.05, 0) is 19.8 Å². The molecule has 2 bridgehead atoms. The normalized spacial score (nSPS) is 30.7. The lowest BCUT2D eigenvalue weighted by Crippen LogP contribution is -3.20. The van der Waals surface area contributed by atoms with Gasteiger partial charge in [-0.25, -0.2) is 4.68 Å². The standard InChI is InChI=1S/C15H26N6O/c1-10(2)17-15(22)14-9-20-4-3-11(14)5-13(20)8-21-7-12(6-16)18-19-21/h7,10-11,13-14H,3-6,8-9,16H2,1-2H3,(H,17,22)/p+2/t11-,13+,14-/m0/s1. The molecule has 7 heteroatoms. The van der Waals surface area contributed by atoms with E-state index in [1.54, 1.807) is 4.90 Å². The summed E-state index contributed by atoms with van der Waals surface area (Å²) in [7, 11) is 0. The van der Waals surface area contributed by atoms with Crippen molar-refractivity contribution in [3.63, 3.8) is 0 Å². The lowest BCUT2D eigenvalue weighted by molar-refractivity contribution is -0.945. The summed E-state index contributed by atoms with van der Waals surface area (Å²) >= 11 is 0. The third kappa shape index (κ3) is 3.15. The average Bonchev–Trinajstić information content (AvgIpc) is 2.95. The summed E-state index contributed by atoms with van der Waals surface area (Å²) in [6, 6.07) is 0.784. The maximum absolute atomic E-state index is 12.3.